The van der Waals surface area contributed by atoms with Crippen molar-refractivity contribution in [1.29, 1.82) is 0 Å². The van der Waals surface area contributed by atoms with E-state index in [-0.39, 0.29) is 0 Å². The van der Waals surface area contributed by atoms with Crippen molar-refractivity contribution >= 4 is 5.69 Å². The van der Waals surface area contributed by atoms with E-state index in [0.717, 1.165) is 42.9 Å². The molecule has 0 amide bonds. The fourth-order valence-electron chi connectivity index (χ4n) is 2.77. The molecule has 0 aromatic heterocycles. The fraction of sp³-hybridized carbons (Fsp3) is 0.333. The van der Waals surface area contributed by atoms with E-state index in [1.807, 2.05) is 48.5 Å². The number of rotatable bonds is 4. The van der Waals surface area contributed by atoms with Crippen LogP contribution in [0.1, 0.15) is 25.7 Å². The van der Waals surface area contributed by atoms with E-state index in [0.29, 0.717) is 12.1 Å². The SMILES string of the molecule is NC1CCC(Nc2ccccc2Oc2ccccc2)CC1. The summed E-state index contributed by atoms with van der Waals surface area (Å²) in [6.07, 6.45) is 4.44. The number of nitrogens with two attached hydrogens (primary N) is 1. The Balaban J connectivity index is 1.70. The summed E-state index contributed by atoms with van der Waals surface area (Å²) in [7, 11) is 0. The Bertz CT molecular complexity index is 562. The van der Waals surface area contributed by atoms with E-state index >= 15 is 0 Å². The maximum Gasteiger partial charge on any atom is 0.150 e. The monoisotopic (exact) mass is 282 g/mol. The maximum absolute atomic E-state index is 5.98. The molecule has 2 aromatic rings. The van der Waals surface area contributed by atoms with E-state index in [2.05, 4.69) is 11.4 Å². The minimum atomic E-state index is 0.374. The highest BCUT2D eigenvalue weighted by Gasteiger charge is 2.19. The second-order valence-electron chi connectivity index (χ2n) is 5.67. The van der Waals surface area contributed by atoms with Crippen LogP contribution in [0.15, 0.2) is 54.6 Å². The van der Waals surface area contributed by atoms with Crippen molar-refractivity contribution in [2.45, 2.75) is 37.8 Å². The number of hydrogen-bond acceptors (Lipinski definition) is 3. The van der Waals surface area contributed by atoms with E-state index in [4.69, 9.17) is 10.5 Å². The summed E-state index contributed by atoms with van der Waals surface area (Å²) in [5.41, 5.74) is 7.03. The Morgan fingerprint density at radius 3 is 2.29 bits per heavy atom. The molecule has 1 fully saturated rings. The molecule has 2 aromatic carbocycles. The molecule has 3 N–H and O–H groups in total. The number of ether oxygens (including phenoxy) is 1. The van der Waals surface area contributed by atoms with Gasteiger partial charge in [0.25, 0.3) is 0 Å². The van der Waals surface area contributed by atoms with Gasteiger partial charge in [-0.3, -0.25) is 0 Å². The van der Waals surface area contributed by atoms with Crippen LogP contribution < -0.4 is 15.8 Å². The van der Waals surface area contributed by atoms with Gasteiger partial charge in [-0.25, -0.2) is 0 Å². The van der Waals surface area contributed by atoms with Gasteiger partial charge in [0, 0.05) is 12.1 Å². The number of benzene rings is 2. The van der Waals surface area contributed by atoms with Crippen molar-refractivity contribution < 1.29 is 4.74 Å². The maximum atomic E-state index is 5.98. The van der Waals surface area contributed by atoms with Crippen LogP contribution in [0.5, 0.6) is 11.5 Å². The molecule has 3 heteroatoms. The largest absolute Gasteiger partial charge is 0.455 e. The highest BCUT2D eigenvalue weighted by atomic mass is 16.5. The van der Waals surface area contributed by atoms with Crippen molar-refractivity contribution in [3.05, 3.63) is 54.6 Å². The average Bonchev–Trinajstić information content (AvgIpc) is 2.52. The van der Waals surface area contributed by atoms with E-state index in [9.17, 15) is 0 Å². The summed E-state index contributed by atoms with van der Waals surface area (Å²) in [5.74, 6) is 1.73. The zero-order valence-corrected chi connectivity index (χ0v) is 12.2. The summed E-state index contributed by atoms with van der Waals surface area (Å²) in [4.78, 5) is 0. The Labute approximate surface area is 126 Å². The number of para-hydroxylation sites is 3. The second kappa shape index (κ2) is 6.64. The molecule has 1 aliphatic rings. The molecule has 1 saturated carbocycles. The molecule has 0 bridgehead atoms. The lowest BCUT2D eigenvalue weighted by atomic mass is 9.91. The molecule has 0 unspecified atom stereocenters. The minimum Gasteiger partial charge on any atom is -0.455 e. The smallest absolute Gasteiger partial charge is 0.150 e. The summed E-state index contributed by atoms with van der Waals surface area (Å²) in [6, 6.07) is 18.9. The molecule has 0 atom stereocenters. The van der Waals surface area contributed by atoms with Crippen LogP contribution in [-0.2, 0) is 0 Å². The summed E-state index contributed by atoms with van der Waals surface area (Å²) >= 11 is 0. The lowest BCUT2D eigenvalue weighted by Crippen LogP contribution is -2.32. The molecule has 1 aliphatic carbocycles. The van der Waals surface area contributed by atoms with Crippen LogP contribution in [0.4, 0.5) is 5.69 Å². The third-order valence-corrected chi connectivity index (χ3v) is 3.99. The van der Waals surface area contributed by atoms with Gasteiger partial charge in [0.1, 0.15) is 5.75 Å². The highest BCUT2D eigenvalue weighted by molar-refractivity contribution is 5.58. The topological polar surface area (TPSA) is 47.3 Å². The molecule has 3 nitrogen and oxygen atoms in total. The third-order valence-electron chi connectivity index (χ3n) is 3.99. The first-order valence-electron chi connectivity index (χ1n) is 7.65. The fourth-order valence-corrected chi connectivity index (χ4v) is 2.77. The molecule has 0 spiro atoms. The van der Waals surface area contributed by atoms with Gasteiger partial charge in [0.15, 0.2) is 5.75 Å². The van der Waals surface area contributed by atoms with Crippen LogP contribution >= 0.6 is 0 Å². The van der Waals surface area contributed by atoms with Crippen molar-refractivity contribution in [2.75, 3.05) is 5.32 Å². The molecule has 0 aliphatic heterocycles. The summed E-state index contributed by atoms with van der Waals surface area (Å²) in [5, 5.41) is 3.61. The molecule has 21 heavy (non-hydrogen) atoms. The Morgan fingerprint density at radius 1 is 0.857 bits per heavy atom. The minimum absolute atomic E-state index is 0.374. The molecular formula is C18H22N2O. The quantitative estimate of drug-likeness (QED) is 0.885. The first kappa shape index (κ1) is 14.0. The van der Waals surface area contributed by atoms with Gasteiger partial charge in [-0.05, 0) is 49.9 Å². The lowest BCUT2D eigenvalue weighted by molar-refractivity contribution is 0.409. The van der Waals surface area contributed by atoms with Crippen LogP contribution in [0.25, 0.3) is 0 Å². The Morgan fingerprint density at radius 2 is 1.52 bits per heavy atom. The number of nitrogens with one attached hydrogen (secondary N) is 1. The van der Waals surface area contributed by atoms with Gasteiger partial charge in [-0.2, -0.15) is 0 Å². The first-order valence-corrected chi connectivity index (χ1v) is 7.65. The second-order valence-corrected chi connectivity index (χ2v) is 5.67. The molecule has 0 saturated heterocycles. The van der Waals surface area contributed by atoms with Gasteiger partial charge >= 0.3 is 0 Å². The lowest BCUT2D eigenvalue weighted by Gasteiger charge is -2.28. The van der Waals surface area contributed by atoms with Gasteiger partial charge < -0.3 is 15.8 Å². The van der Waals surface area contributed by atoms with E-state index < -0.39 is 0 Å². The zero-order valence-electron chi connectivity index (χ0n) is 12.2. The highest BCUT2D eigenvalue weighted by Crippen LogP contribution is 2.31. The van der Waals surface area contributed by atoms with Crippen molar-refractivity contribution in [3.8, 4) is 11.5 Å². The van der Waals surface area contributed by atoms with Crippen molar-refractivity contribution in [1.82, 2.24) is 0 Å². The van der Waals surface area contributed by atoms with E-state index in [1.54, 1.807) is 0 Å². The zero-order chi connectivity index (χ0) is 14.5. The standard InChI is InChI=1S/C18H22N2O/c19-14-10-12-15(13-11-14)20-17-8-4-5-9-18(17)21-16-6-2-1-3-7-16/h1-9,14-15,20H,10-13,19H2. The number of hydrogen-bond donors (Lipinski definition) is 2. The predicted octanol–water partition coefficient (Wildman–Crippen LogP) is 4.16. The third kappa shape index (κ3) is 3.76. The Kier molecular flexibility index (Phi) is 4.41. The van der Waals surface area contributed by atoms with Gasteiger partial charge in [0.2, 0.25) is 0 Å². The van der Waals surface area contributed by atoms with E-state index in [1.165, 1.54) is 0 Å². The number of anilines is 1. The van der Waals surface area contributed by atoms with Crippen molar-refractivity contribution in [3.63, 3.8) is 0 Å². The van der Waals surface area contributed by atoms with Gasteiger partial charge in [0.05, 0.1) is 5.69 Å². The first-order chi connectivity index (χ1) is 10.3. The van der Waals surface area contributed by atoms with Gasteiger partial charge in [-0.15, -0.1) is 0 Å². The van der Waals surface area contributed by atoms with Crippen LogP contribution in [0, 0.1) is 0 Å². The van der Waals surface area contributed by atoms with Crippen LogP contribution in [0.3, 0.4) is 0 Å². The normalized spacial score (nSPS) is 21.8. The summed E-state index contributed by atoms with van der Waals surface area (Å²) < 4.78 is 5.98. The predicted molar refractivity (Wildman–Crippen MR) is 86.8 cm³/mol. The van der Waals surface area contributed by atoms with Crippen LogP contribution in [0.2, 0.25) is 0 Å². The van der Waals surface area contributed by atoms with Crippen molar-refractivity contribution in [2.24, 2.45) is 5.73 Å². The molecule has 0 radical (unpaired) electrons. The summed E-state index contributed by atoms with van der Waals surface area (Å²) in [6.45, 7) is 0. The molecular weight excluding hydrogens is 260 g/mol. The Hall–Kier alpha value is -2.00. The van der Waals surface area contributed by atoms with Crippen LogP contribution in [-0.4, -0.2) is 12.1 Å². The molecule has 3 rings (SSSR count). The average molecular weight is 282 g/mol. The molecule has 110 valence electrons. The molecule has 0 heterocycles. The van der Waals surface area contributed by atoms with Gasteiger partial charge in [-0.1, -0.05) is 30.3 Å².